The molecular weight excluding hydrogens is 356 g/mol. The fourth-order valence-corrected chi connectivity index (χ4v) is 2.10. The first-order valence-electron chi connectivity index (χ1n) is 6.23. The minimum Gasteiger partial charge on any atom is -0.483 e. The SMILES string of the molecule is COC(=O)c1ccc(OCC(=O)Nc2cc(C)on2)c(Br)c1. The maximum Gasteiger partial charge on any atom is 0.337 e. The Morgan fingerprint density at radius 3 is 2.73 bits per heavy atom. The second kappa shape index (κ2) is 7.08. The molecule has 22 heavy (non-hydrogen) atoms. The zero-order valence-electron chi connectivity index (χ0n) is 11.9. The van der Waals surface area contributed by atoms with Crippen LogP contribution in [-0.2, 0) is 9.53 Å². The Labute approximate surface area is 134 Å². The summed E-state index contributed by atoms with van der Waals surface area (Å²) in [7, 11) is 1.30. The molecule has 1 aromatic heterocycles. The molecule has 0 saturated carbocycles. The van der Waals surface area contributed by atoms with Gasteiger partial charge < -0.3 is 19.3 Å². The number of methoxy groups -OCH3 is 1. The van der Waals surface area contributed by atoms with Crippen LogP contribution in [0.4, 0.5) is 5.82 Å². The van der Waals surface area contributed by atoms with Crippen molar-refractivity contribution in [3.05, 3.63) is 40.1 Å². The summed E-state index contributed by atoms with van der Waals surface area (Å²) < 4.78 is 15.4. The van der Waals surface area contributed by atoms with Crippen LogP contribution in [0.25, 0.3) is 0 Å². The highest BCUT2D eigenvalue weighted by atomic mass is 79.9. The number of carbonyl (C=O) groups is 2. The van der Waals surface area contributed by atoms with E-state index in [1.54, 1.807) is 31.2 Å². The van der Waals surface area contributed by atoms with Crippen molar-refractivity contribution in [2.45, 2.75) is 6.92 Å². The first kappa shape index (κ1) is 16.0. The Bertz CT molecular complexity index is 698. The van der Waals surface area contributed by atoms with Gasteiger partial charge in [-0.3, -0.25) is 4.79 Å². The van der Waals surface area contributed by atoms with Crippen LogP contribution in [0.5, 0.6) is 5.75 Å². The molecule has 8 heteroatoms. The standard InChI is InChI=1S/C14H13BrN2O5/c1-8-5-12(17-22-8)16-13(18)7-21-11-4-3-9(6-10(11)15)14(19)20-2/h3-6H,7H2,1-2H3,(H,16,17,18). The summed E-state index contributed by atoms with van der Waals surface area (Å²) in [4.78, 5) is 23.1. The number of ether oxygens (including phenoxy) is 2. The lowest BCUT2D eigenvalue weighted by molar-refractivity contribution is -0.118. The number of nitrogens with zero attached hydrogens (tertiary/aromatic N) is 1. The van der Waals surface area contributed by atoms with E-state index in [2.05, 4.69) is 31.1 Å². The number of hydrogen-bond acceptors (Lipinski definition) is 6. The summed E-state index contributed by atoms with van der Waals surface area (Å²) in [5.74, 6) is 0.520. The molecule has 7 nitrogen and oxygen atoms in total. The molecule has 0 aliphatic carbocycles. The van der Waals surface area contributed by atoms with Crippen LogP contribution < -0.4 is 10.1 Å². The molecule has 0 fully saturated rings. The molecule has 0 atom stereocenters. The molecule has 116 valence electrons. The maximum absolute atomic E-state index is 11.7. The van der Waals surface area contributed by atoms with E-state index < -0.39 is 5.97 Å². The lowest BCUT2D eigenvalue weighted by atomic mass is 10.2. The van der Waals surface area contributed by atoms with Crippen LogP contribution in [0.1, 0.15) is 16.1 Å². The number of anilines is 1. The van der Waals surface area contributed by atoms with Crippen molar-refractivity contribution in [2.75, 3.05) is 19.0 Å². The molecule has 0 aliphatic rings. The summed E-state index contributed by atoms with van der Waals surface area (Å²) in [5.41, 5.74) is 0.379. The van der Waals surface area contributed by atoms with Gasteiger partial charge >= 0.3 is 5.97 Å². The van der Waals surface area contributed by atoms with Crippen LogP contribution in [0.2, 0.25) is 0 Å². The fraction of sp³-hybridized carbons (Fsp3) is 0.214. The van der Waals surface area contributed by atoms with Gasteiger partial charge in [0.15, 0.2) is 12.4 Å². The molecule has 1 N–H and O–H groups in total. The van der Waals surface area contributed by atoms with Crippen molar-refractivity contribution in [1.82, 2.24) is 5.16 Å². The van der Waals surface area contributed by atoms with Gasteiger partial charge in [0, 0.05) is 6.07 Å². The van der Waals surface area contributed by atoms with E-state index in [4.69, 9.17) is 9.26 Å². The van der Waals surface area contributed by atoms with E-state index >= 15 is 0 Å². The van der Waals surface area contributed by atoms with Gasteiger partial charge in [-0.2, -0.15) is 0 Å². The van der Waals surface area contributed by atoms with Gasteiger partial charge in [-0.15, -0.1) is 0 Å². The van der Waals surface area contributed by atoms with Gasteiger partial charge in [0.1, 0.15) is 11.5 Å². The summed E-state index contributed by atoms with van der Waals surface area (Å²) >= 11 is 3.27. The Kier molecular flexibility index (Phi) is 5.16. The van der Waals surface area contributed by atoms with E-state index in [0.29, 0.717) is 27.4 Å². The second-order valence-electron chi connectivity index (χ2n) is 4.30. The molecule has 0 spiro atoms. The zero-order chi connectivity index (χ0) is 16.1. The Morgan fingerprint density at radius 1 is 1.36 bits per heavy atom. The minimum atomic E-state index is -0.452. The fourth-order valence-electron chi connectivity index (χ4n) is 1.61. The molecule has 0 unspecified atom stereocenters. The van der Waals surface area contributed by atoms with Gasteiger partial charge in [-0.1, -0.05) is 5.16 Å². The van der Waals surface area contributed by atoms with Crippen LogP contribution in [0.15, 0.2) is 33.3 Å². The maximum atomic E-state index is 11.7. The van der Waals surface area contributed by atoms with Gasteiger partial charge in [0.05, 0.1) is 17.1 Å². The van der Waals surface area contributed by atoms with E-state index in [1.165, 1.54) is 7.11 Å². The van der Waals surface area contributed by atoms with E-state index in [9.17, 15) is 9.59 Å². The molecule has 1 amide bonds. The van der Waals surface area contributed by atoms with Crippen molar-refractivity contribution in [2.24, 2.45) is 0 Å². The quantitative estimate of drug-likeness (QED) is 0.815. The van der Waals surface area contributed by atoms with Gasteiger partial charge in [-0.25, -0.2) is 4.79 Å². The number of aryl methyl sites for hydroxylation is 1. The van der Waals surface area contributed by atoms with Crippen molar-refractivity contribution in [3.8, 4) is 5.75 Å². The number of nitrogens with one attached hydrogen (secondary N) is 1. The first-order valence-corrected chi connectivity index (χ1v) is 7.02. The van der Waals surface area contributed by atoms with Crippen molar-refractivity contribution in [3.63, 3.8) is 0 Å². The number of halogens is 1. The third-order valence-electron chi connectivity index (χ3n) is 2.61. The zero-order valence-corrected chi connectivity index (χ0v) is 13.5. The van der Waals surface area contributed by atoms with Crippen LogP contribution >= 0.6 is 15.9 Å². The lowest BCUT2D eigenvalue weighted by Gasteiger charge is -2.08. The van der Waals surface area contributed by atoms with Crippen molar-refractivity contribution in [1.29, 1.82) is 0 Å². The predicted octanol–water partition coefficient (Wildman–Crippen LogP) is 2.55. The summed E-state index contributed by atoms with van der Waals surface area (Å²) in [6.07, 6.45) is 0. The normalized spacial score (nSPS) is 10.1. The summed E-state index contributed by atoms with van der Waals surface area (Å²) in [6, 6.07) is 6.27. The third kappa shape index (κ3) is 4.08. The summed E-state index contributed by atoms with van der Waals surface area (Å²) in [6.45, 7) is 1.52. The highest BCUT2D eigenvalue weighted by Gasteiger charge is 2.11. The van der Waals surface area contributed by atoms with Crippen LogP contribution in [-0.4, -0.2) is 30.7 Å². The molecule has 0 bridgehead atoms. The average Bonchev–Trinajstić information content (AvgIpc) is 2.90. The Balaban J connectivity index is 1.93. The number of aromatic nitrogens is 1. The molecule has 1 aromatic carbocycles. The number of esters is 1. The van der Waals surface area contributed by atoms with E-state index in [1.807, 2.05) is 0 Å². The molecule has 0 aliphatic heterocycles. The molecule has 1 heterocycles. The summed E-state index contributed by atoms with van der Waals surface area (Å²) in [5, 5.41) is 6.18. The molecule has 2 rings (SSSR count). The number of hydrogen-bond donors (Lipinski definition) is 1. The first-order chi connectivity index (χ1) is 10.5. The predicted molar refractivity (Wildman–Crippen MR) is 80.8 cm³/mol. The molecule has 0 radical (unpaired) electrons. The van der Waals surface area contributed by atoms with Crippen molar-refractivity contribution < 1.29 is 23.6 Å². The molecule has 2 aromatic rings. The number of amides is 1. The van der Waals surface area contributed by atoms with Gasteiger partial charge in [0.25, 0.3) is 5.91 Å². The smallest absolute Gasteiger partial charge is 0.337 e. The average molecular weight is 369 g/mol. The number of benzene rings is 1. The lowest BCUT2D eigenvalue weighted by Crippen LogP contribution is -2.20. The largest absolute Gasteiger partial charge is 0.483 e. The highest BCUT2D eigenvalue weighted by molar-refractivity contribution is 9.10. The van der Waals surface area contributed by atoms with Gasteiger partial charge in [-0.05, 0) is 41.1 Å². The Morgan fingerprint density at radius 2 is 2.14 bits per heavy atom. The van der Waals surface area contributed by atoms with Gasteiger partial charge in [0.2, 0.25) is 0 Å². The Hall–Kier alpha value is -2.35. The van der Waals surface area contributed by atoms with Crippen LogP contribution in [0.3, 0.4) is 0 Å². The topological polar surface area (TPSA) is 90.7 Å². The van der Waals surface area contributed by atoms with E-state index in [-0.39, 0.29) is 12.5 Å². The van der Waals surface area contributed by atoms with E-state index in [0.717, 1.165) is 0 Å². The third-order valence-corrected chi connectivity index (χ3v) is 3.23. The second-order valence-corrected chi connectivity index (χ2v) is 5.15. The molecular formula is C14H13BrN2O5. The number of carbonyl (C=O) groups excluding carboxylic acids is 2. The minimum absolute atomic E-state index is 0.206. The molecule has 0 saturated heterocycles. The number of rotatable bonds is 5. The monoisotopic (exact) mass is 368 g/mol. The highest BCUT2D eigenvalue weighted by Crippen LogP contribution is 2.26. The van der Waals surface area contributed by atoms with Crippen molar-refractivity contribution >= 4 is 33.6 Å². The van der Waals surface area contributed by atoms with Crippen LogP contribution in [0, 0.1) is 6.92 Å².